The molecule has 1 aromatic heterocycles. The van der Waals surface area contributed by atoms with Gasteiger partial charge >= 0.3 is 0 Å². The maximum atomic E-state index is 4.43. The van der Waals surface area contributed by atoms with Gasteiger partial charge in [-0.05, 0) is 49.5 Å². The zero-order valence-corrected chi connectivity index (χ0v) is 15.3. The second kappa shape index (κ2) is 6.84. The smallest absolute Gasteiger partial charge is 0.225 e. The Morgan fingerprint density at radius 1 is 0.920 bits per heavy atom. The quantitative estimate of drug-likeness (QED) is 0.838. The van der Waals surface area contributed by atoms with Crippen LogP contribution in [0.3, 0.4) is 0 Å². The number of nitrogens with zero attached hydrogens (tertiary/aromatic N) is 5. The predicted octanol–water partition coefficient (Wildman–Crippen LogP) is 2.11. The van der Waals surface area contributed by atoms with E-state index in [9.17, 15) is 0 Å². The van der Waals surface area contributed by atoms with Gasteiger partial charge in [-0.2, -0.15) is 0 Å². The van der Waals surface area contributed by atoms with E-state index in [4.69, 9.17) is 0 Å². The van der Waals surface area contributed by atoms with Crippen LogP contribution in [-0.2, 0) is 0 Å². The van der Waals surface area contributed by atoms with Crippen molar-refractivity contribution in [2.75, 3.05) is 50.7 Å². The fraction of sp³-hybridized carbons (Fsp3) is 0.800. The average Bonchev–Trinajstić information content (AvgIpc) is 3.38. The van der Waals surface area contributed by atoms with E-state index < -0.39 is 0 Å². The van der Waals surface area contributed by atoms with Gasteiger partial charge in [0.25, 0.3) is 0 Å². The lowest BCUT2D eigenvalue weighted by Gasteiger charge is -2.45. The van der Waals surface area contributed by atoms with Crippen molar-refractivity contribution in [3.8, 4) is 0 Å². The number of hydrogen-bond donors (Lipinski definition) is 0. The van der Waals surface area contributed by atoms with Gasteiger partial charge in [0.15, 0.2) is 0 Å². The van der Waals surface area contributed by atoms with Gasteiger partial charge in [0.2, 0.25) is 5.95 Å². The molecular formula is C20H31N5. The van der Waals surface area contributed by atoms with Crippen molar-refractivity contribution in [2.45, 2.75) is 38.1 Å². The summed E-state index contributed by atoms with van der Waals surface area (Å²) in [5.74, 6) is 3.83. The zero-order chi connectivity index (χ0) is 16.6. The Morgan fingerprint density at radius 2 is 1.72 bits per heavy atom. The van der Waals surface area contributed by atoms with Gasteiger partial charge < -0.3 is 9.80 Å². The molecule has 25 heavy (non-hydrogen) atoms. The Hall–Kier alpha value is -1.20. The molecule has 0 radical (unpaired) electrons. The molecule has 0 bridgehead atoms. The van der Waals surface area contributed by atoms with E-state index in [1.807, 2.05) is 18.5 Å². The van der Waals surface area contributed by atoms with E-state index in [1.54, 1.807) is 0 Å². The third-order valence-corrected chi connectivity index (χ3v) is 6.97. The molecule has 2 aliphatic heterocycles. The van der Waals surface area contributed by atoms with Crippen LogP contribution in [0.2, 0.25) is 0 Å². The Morgan fingerprint density at radius 3 is 2.48 bits per heavy atom. The number of piperazine rings is 1. The highest BCUT2D eigenvalue weighted by Gasteiger charge is 2.43. The first-order valence-corrected chi connectivity index (χ1v) is 10.4. The summed E-state index contributed by atoms with van der Waals surface area (Å²) in [5, 5.41) is 0. The Balaban J connectivity index is 1.20. The first-order chi connectivity index (χ1) is 12.4. The second-order valence-electron chi connectivity index (χ2n) is 8.66. The number of hydrogen-bond acceptors (Lipinski definition) is 5. The fourth-order valence-electron chi connectivity index (χ4n) is 5.51. The van der Waals surface area contributed by atoms with Crippen LogP contribution in [0.1, 0.15) is 32.1 Å². The summed E-state index contributed by atoms with van der Waals surface area (Å²) in [7, 11) is 0. The van der Waals surface area contributed by atoms with Crippen molar-refractivity contribution in [2.24, 2.45) is 17.8 Å². The lowest BCUT2D eigenvalue weighted by molar-refractivity contribution is 0.0822. The van der Waals surface area contributed by atoms with E-state index in [0.717, 1.165) is 42.8 Å². The van der Waals surface area contributed by atoms with Gasteiger partial charge in [0.1, 0.15) is 0 Å². The van der Waals surface area contributed by atoms with E-state index >= 15 is 0 Å². The lowest BCUT2D eigenvalue weighted by atomic mass is 9.77. The third-order valence-electron chi connectivity index (χ3n) is 6.97. The van der Waals surface area contributed by atoms with Crippen LogP contribution >= 0.6 is 0 Å². The molecule has 4 aliphatic rings. The Kier molecular flexibility index (Phi) is 4.38. The molecule has 1 aromatic rings. The molecule has 4 fully saturated rings. The van der Waals surface area contributed by atoms with Crippen LogP contribution in [0.4, 0.5) is 5.95 Å². The molecule has 5 heteroatoms. The van der Waals surface area contributed by atoms with Crippen LogP contribution in [0.15, 0.2) is 18.5 Å². The number of anilines is 1. The first-order valence-electron chi connectivity index (χ1n) is 10.4. The van der Waals surface area contributed by atoms with Crippen LogP contribution < -0.4 is 4.90 Å². The summed E-state index contributed by atoms with van der Waals surface area (Å²) >= 11 is 0. The highest BCUT2D eigenvalue weighted by Crippen LogP contribution is 2.41. The predicted molar refractivity (Wildman–Crippen MR) is 99.6 cm³/mol. The molecule has 2 saturated carbocycles. The van der Waals surface area contributed by atoms with Crippen LogP contribution in [0, 0.1) is 17.8 Å². The number of fused-ring (bicyclic) bond motifs is 1. The summed E-state index contributed by atoms with van der Waals surface area (Å²) in [4.78, 5) is 16.8. The zero-order valence-electron chi connectivity index (χ0n) is 15.3. The van der Waals surface area contributed by atoms with Crippen molar-refractivity contribution in [3.63, 3.8) is 0 Å². The molecule has 0 N–H and O–H groups in total. The average molecular weight is 342 g/mol. The molecule has 2 aliphatic carbocycles. The lowest BCUT2D eigenvalue weighted by Crippen LogP contribution is -2.54. The van der Waals surface area contributed by atoms with E-state index in [1.165, 1.54) is 64.8 Å². The van der Waals surface area contributed by atoms with Gasteiger partial charge in [0, 0.05) is 64.2 Å². The molecule has 5 rings (SSSR count). The summed E-state index contributed by atoms with van der Waals surface area (Å²) in [6, 6.07) is 2.72. The minimum Gasteiger partial charge on any atom is -0.338 e. The molecule has 0 aromatic carbocycles. The van der Waals surface area contributed by atoms with Crippen LogP contribution in [0.5, 0.6) is 0 Å². The monoisotopic (exact) mass is 341 g/mol. The highest BCUT2D eigenvalue weighted by atomic mass is 15.3. The van der Waals surface area contributed by atoms with Crippen molar-refractivity contribution in [3.05, 3.63) is 18.5 Å². The number of aromatic nitrogens is 2. The molecule has 3 heterocycles. The minimum atomic E-state index is 0.821. The molecular weight excluding hydrogens is 310 g/mol. The largest absolute Gasteiger partial charge is 0.338 e. The van der Waals surface area contributed by atoms with Crippen LogP contribution in [0.25, 0.3) is 0 Å². The molecule has 0 spiro atoms. The molecule has 3 atom stereocenters. The SMILES string of the molecule is c1cnc(N2CCN(C3CCC[C@@H]4CN(CC5CC5)C[C@H]34)CC2)nc1. The maximum absolute atomic E-state index is 4.43. The maximum Gasteiger partial charge on any atom is 0.225 e. The standard InChI is InChI=1S/C20H31N5/c1-3-17-14-23(13-16-5-6-16)15-18(17)19(4-1)24-9-11-25(12-10-24)20-21-7-2-8-22-20/h2,7-8,16-19H,1,3-6,9-15H2/t17-,18+,19?/m1/s1. The van der Waals surface area contributed by atoms with Crippen molar-refractivity contribution in [1.29, 1.82) is 0 Å². The highest BCUT2D eigenvalue weighted by molar-refractivity contribution is 5.29. The molecule has 5 nitrogen and oxygen atoms in total. The van der Waals surface area contributed by atoms with E-state index in [-0.39, 0.29) is 0 Å². The Bertz CT molecular complexity index is 567. The molecule has 136 valence electrons. The first kappa shape index (κ1) is 16.0. The van der Waals surface area contributed by atoms with Gasteiger partial charge in [-0.15, -0.1) is 0 Å². The summed E-state index contributed by atoms with van der Waals surface area (Å²) in [5.41, 5.74) is 0. The summed E-state index contributed by atoms with van der Waals surface area (Å²) < 4.78 is 0. The van der Waals surface area contributed by atoms with Crippen molar-refractivity contribution in [1.82, 2.24) is 19.8 Å². The summed E-state index contributed by atoms with van der Waals surface area (Å²) in [6.45, 7) is 8.64. The van der Waals surface area contributed by atoms with Crippen molar-refractivity contribution < 1.29 is 0 Å². The fourth-order valence-corrected chi connectivity index (χ4v) is 5.51. The van der Waals surface area contributed by atoms with Crippen molar-refractivity contribution >= 4 is 5.95 Å². The van der Waals surface area contributed by atoms with Gasteiger partial charge in [0.05, 0.1) is 0 Å². The topological polar surface area (TPSA) is 35.5 Å². The van der Waals surface area contributed by atoms with Gasteiger partial charge in [-0.25, -0.2) is 9.97 Å². The number of likely N-dealkylation sites (tertiary alicyclic amines) is 1. The second-order valence-corrected chi connectivity index (χ2v) is 8.66. The minimum absolute atomic E-state index is 0.821. The van der Waals surface area contributed by atoms with Gasteiger partial charge in [-0.1, -0.05) is 6.42 Å². The van der Waals surface area contributed by atoms with E-state index in [2.05, 4.69) is 24.7 Å². The van der Waals surface area contributed by atoms with Crippen LogP contribution in [-0.4, -0.2) is 71.6 Å². The summed E-state index contributed by atoms with van der Waals surface area (Å²) in [6.07, 6.45) is 11.0. The number of rotatable bonds is 4. The molecule has 0 amide bonds. The van der Waals surface area contributed by atoms with E-state index in [0.29, 0.717) is 0 Å². The Labute approximate surface area is 151 Å². The molecule has 1 unspecified atom stereocenters. The third kappa shape index (κ3) is 3.41. The molecule has 2 saturated heterocycles. The van der Waals surface area contributed by atoms with Gasteiger partial charge in [-0.3, -0.25) is 4.90 Å². The normalized spacial score (nSPS) is 34.2.